The van der Waals surface area contributed by atoms with Crippen LogP contribution < -0.4 is 9.64 Å². The molecule has 8 heteroatoms. The van der Waals surface area contributed by atoms with E-state index in [-0.39, 0.29) is 24.2 Å². The van der Waals surface area contributed by atoms with Crippen molar-refractivity contribution in [2.24, 2.45) is 10.4 Å². The second-order valence-electron chi connectivity index (χ2n) is 11.7. The van der Waals surface area contributed by atoms with Crippen LogP contribution in [-0.4, -0.2) is 65.8 Å². The van der Waals surface area contributed by atoms with Crippen molar-refractivity contribution in [3.8, 4) is 6.01 Å². The van der Waals surface area contributed by atoms with Gasteiger partial charge in [-0.15, -0.1) is 0 Å². The number of hydrogen-bond acceptors (Lipinski definition) is 7. The van der Waals surface area contributed by atoms with Crippen LogP contribution in [0.2, 0.25) is 0 Å². The minimum absolute atomic E-state index is 0.0242. The molecular weight excluding hydrogens is 568 g/mol. The molecule has 0 aromatic carbocycles. The van der Waals surface area contributed by atoms with E-state index in [4.69, 9.17) is 24.4 Å². The standard InChI is InChI=1S/C32H51BrN4O3/c1-7-11-13-14-16-32(6,15-12-8-2)22-40-31-35-27-19-26(33)29(34-23(5)9-3)25(10-4)28(27)30(36-31)37-17-18-39-24(20-37)21-38/h10,19,23-24,38H,7-9,11-18,20-22H2,1-6H3/b25-10-,34-29?. The number of aliphatic hydroxyl groups is 1. The maximum Gasteiger partial charge on any atom is 0.318 e. The number of fused-ring (bicyclic) bond motifs is 1. The van der Waals surface area contributed by atoms with Gasteiger partial charge in [0.1, 0.15) is 5.82 Å². The molecule has 3 rings (SSSR count). The normalized spacial score (nSPS) is 21.8. The fraction of sp³-hybridized carbons (Fsp3) is 0.719. The Balaban J connectivity index is 2.01. The largest absolute Gasteiger partial charge is 0.463 e. The topological polar surface area (TPSA) is 80.1 Å². The van der Waals surface area contributed by atoms with Gasteiger partial charge < -0.3 is 19.5 Å². The third-order valence-corrected chi connectivity index (χ3v) is 8.70. The monoisotopic (exact) mass is 618 g/mol. The molecule has 1 N–H and O–H groups in total. The van der Waals surface area contributed by atoms with Gasteiger partial charge in [0, 0.05) is 34.6 Å². The van der Waals surface area contributed by atoms with Crippen molar-refractivity contribution in [3.63, 3.8) is 0 Å². The highest BCUT2D eigenvalue weighted by atomic mass is 79.9. The highest BCUT2D eigenvalue weighted by molar-refractivity contribution is 9.12. The molecule has 0 amide bonds. The quantitative estimate of drug-likeness (QED) is 0.204. The Morgan fingerprint density at radius 1 is 1.20 bits per heavy atom. The molecule has 3 unspecified atom stereocenters. The van der Waals surface area contributed by atoms with Crippen molar-refractivity contribution in [2.75, 3.05) is 37.8 Å². The van der Waals surface area contributed by atoms with Gasteiger partial charge in [-0.3, -0.25) is 4.99 Å². The number of halogens is 1. The molecule has 0 spiro atoms. The van der Waals surface area contributed by atoms with Gasteiger partial charge in [-0.05, 0) is 55.1 Å². The zero-order valence-corrected chi connectivity index (χ0v) is 27.2. The first kappa shape index (κ1) is 32.7. The molecule has 2 aliphatic rings. The number of rotatable bonds is 15. The maximum atomic E-state index is 9.84. The number of unbranched alkanes of at least 4 members (excludes halogenated alkanes) is 4. The van der Waals surface area contributed by atoms with Crippen molar-refractivity contribution < 1.29 is 14.6 Å². The zero-order chi connectivity index (χ0) is 29.1. The predicted octanol–water partition coefficient (Wildman–Crippen LogP) is 7.61. The smallest absolute Gasteiger partial charge is 0.318 e. The number of ether oxygens (including phenoxy) is 2. The average Bonchev–Trinajstić information content (AvgIpc) is 2.97. The molecule has 7 nitrogen and oxygen atoms in total. The van der Waals surface area contributed by atoms with E-state index in [2.05, 4.69) is 61.5 Å². The minimum Gasteiger partial charge on any atom is -0.463 e. The maximum absolute atomic E-state index is 9.84. The van der Waals surface area contributed by atoms with Gasteiger partial charge in [-0.1, -0.05) is 72.3 Å². The summed E-state index contributed by atoms with van der Waals surface area (Å²) in [5.41, 5.74) is 3.82. The molecule has 1 aliphatic carbocycles. The summed E-state index contributed by atoms with van der Waals surface area (Å²) >= 11 is 3.79. The highest BCUT2D eigenvalue weighted by Crippen LogP contribution is 2.40. The van der Waals surface area contributed by atoms with Gasteiger partial charge >= 0.3 is 6.01 Å². The van der Waals surface area contributed by atoms with Crippen LogP contribution in [0.3, 0.4) is 0 Å². The van der Waals surface area contributed by atoms with Gasteiger partial charge in [0.15, 0.2) is 0 Å². The first-order valence-corrected chi connectivity index (χ1v) is 16.2. The van der Waals surface area contributed by atoms with E-state index in [0.717, 1.165) is 52.1 Å². The Kier molecular flexibility index (Phi) is 13.1. The molecule has 40 heavy (non-hydrogen) atoms. The Bertz CT molecular complexity index is 1060. The summed E-state index contributed by atoms with van der Waals surface area (Å²) in [7, 11) is 0. The number of hydrogen-bond donors (Lipinski definition) is 1. The van der Waals surface area contributed by atoms with Crippen LogP contribution in [0.4, 0.5) is 5.82 Å². The molecule has 1 fully saturated rings. The summed E-state index contributed by atoms with van der Waals surface area (Å²) in [5, 5.41) is 9.84. The molecule has 3 atom stereocenters. The van der Waals surface area contributed by atoms with Crippen molar-refractivity contribution >= 4 is 39.1 Å². The SMILES string of the molecule is C/C=C1\C(=NC(C)CC)C(Br)=Cc2nc(OCC(C)(CCCC)CCCCCC)nc(N3CCOC(CO)C3)c21. The van der Waals surface area contributed by atoms with Gasteiger partial charge in [0.05, 0.1) is 42.9 Å². The second-order valence-corrected chi connectivity index (χ2v) is 12.5. The Hall–Kier alpha value is -1.77. The lowest BCUT2D eigenvalue weighted by Crippen LogP contribution is -2.45. The number of allylic oxidation sites excluding steroid dienone is 3. The molecule has 224 valence electrons. The van der Waals surface area contributed by atoms with Crippen LogP contribution in [0.15, 0.2) is 15.6 Å². The molecule has 1 aromatic heterocycles. The number of nitrogens with zero attached hydrogens (tertiary/aromatic N) is 4. The Morgan fingerprint density at radius 3 is 2.62 bits per heavy atom. The van der Waals surface area contributed by atoms with Crippen molar-refractivity contribution in [1.82, 2.24) is 9.97 Å². The fourth-order valence-corrected chi connectivity index (χ4v) is 5.91. The number of anilines is 1. The first-order valence-electron chi connectivity index (χ1n) is 15.4. The average molecular weight is 620 g/mol. The second kappa shape index (κ2) is 16.0. The summed E-state index contributed by atoms with van der Waals surface area (Å²) in [4.78, 5) is 17.2. The number of aliphatic imine (C=N–C) groups is 1. The predicted molar refractivity (Wildman–Crippen MR) is 171 cm³/mol. The van der Waals surface area contributed by atoms with E-state index in [1.807, 2.05) is 13.0 Å². The molecule has 1 aliphatic heterocycles. The lowest BCUT2D eigenvalue weighted by atomic mass is 9.81. The van der Waals surface area contributed by atoms with Crippen LogP contribution in [0.25, 0.3) is 11.6 Å². The molecule has 1 aromatic rings. The molecule has 2 heterocycles. The van der Waals surface area contributed by atoms with E-state index in [1.165, 1.54) is 38.5 Å². The summed E-state index contributed by atoms with van der Waals surface area (Å²) in [6.45, 7) is 15.5. The lowest BCUT2D eigenvalue weighted by Gasteiger charge is -2.35. The number of aromatic nitrogens is 2. The van der Waals surface area contributed by atoms with Gasteiger partial charge in [0.2, 0.25) is 0 Å². The van der Waals surface area contributed by atoms with E-state index in [1.54, 1.807) is 0 Å². The Morgan fingerprint density at radius 2 is 1.95 bits per heavy atom. The van der Waals surface area contributed by atoms with Crippen LogP contribution in [0.5, 0.6) is 6.01 Å². The van der Waals surface area contributed by atoms with Crippen LogP contribution in [0.1, 0.15) is 111 Å². The summed E-state index contributed by atoms with van der Waals surface area (Å²) < 4.78 is 13.2. The molecular formula is C32H51BrN4O3. The zero-order valence-electron chi connectivity index (χ0n) is 25.6. The molecule has 0 saturated carbocycles. The van der Waals surface area contributed by atoms with E-state index in [0.29, 0.717) is 32.3 Å². The fourth-order valence-electron chi connectivity index (χ4n) is 5.37. The summed E-state index contributed by atoms with van der Waals surface area (Å²) in [6, 6.07) is 0.603. The summed E-state index contributed by atoms with van der Waals surface area (Å²) in [6.07, 6.45) is 14.5. The lowest BCUT2D eigenvalue weighted by molar-refractivity contribution is 0.00329. The minimum atomic E-state index is -0.252. The van der Waals surface area contributed by atoms with E-state index < -0.39 is 0 Å². The van der Waals surface area contributed by atoms with Crippen LogP contribution in [-0.2, 0) is 4.74 Å². The number of morpholine rings is 1. The van der Waals surface area contributed by atoms with Crippen molar-refractivity contribution in [1.29, 1.82) is 0 Å². The van der Waals surface area contributed by atoms with Crippen molar-refractivity contribution in [2.45, 2.75) is 111 Å². The van der Waals surface area contributed by atoms with Crippen LogP contribution in [0, 0.1) is 5.41 Å². The first-order chi connectivity index (χ1) is 19.3. The van der Waals surface area contributed by atoms with Gasteiger partial charge in [0.25, 0.3) is 0 Å². The molecule has 0 radical (unpaired) electrons. The van der Waals surface area contributed by atoms with Crippen LogP contribution >= 0.6 is 15.9 Å². The number of aliphatic hydroxyl groups excluding tert-OH is 1. The Labute approximate surface area is 250 Å². The highest BCUT2D eigenvalue weighted by Gasteiger charge is 2.32. The van der Waals surface area contributed by atoms with E-state index in [9.17, 15) is 5.11 Å². The third-order valence-electron chi connectivity index (χ3n) is 8.10. The summed E-state index contributed by atoms with van der Waals surface area (Å²) in [5.74, 6) is 0.821. The van der Waals surface area contributed by atoms with Crippen molar-refractivity contribution in [3.05, 3.63) is 21.8 Å². The van der Waals surface area contributed by atoms with E-state index >= 15 is 0 Å². The van der Waals surface area contributed by atoms with Gasteiger partial charge in [-0.25, -0.2) is 0 Å². The molecule has 0 bridgehead atoms. The molecule has 1 saturated heterocycles. The third kappa shape index (κ3) is 8.62. The van der Waals surface area contributed by atoms with Gasteiger partial charge in [-0.2, -0.15) is 9.97 Å².